The summed E-state index contributed by atoms with van der Waals surface area (Å²) in [4.78, 5) is 4.97. The molecule has 0 saturated heterocycles. The number of aromatic nitrogens is 2. The molecule has 0 N–H and O–H groups in total. The molecule has 3 aromatic carbocycles. The maximum absolute atomic E-state index is 5.34. The fourth-order valence-electron chi connectivity index (χ4n) is 3.85. The molecule has 0 saturated carbocycles. The van der Waals surface area contributed by atoms with Crippen LogP contribution in [0, 0.1) is 0 Å². The summed E-state index contributed by atoms with van der Waals surface area (Å²) in [6.07, 6.45) is 0. The molecule has 0 radical (unpaired) electrons. The number of fused-ring (bicyclic) bond motifs is 4. The molecule has 3 nitrogen and oxygen atoms in total. The van der Waals surface area contributed by atoms with E-state index in [-0.39, 0.29) is 0 Å². The lowest BCUT2D eigenvalue weighted by molar-refractivity contribution is 0.415. The molecular formula is C23H18N2O. The Hall–Kier alpha value is -3.33. The van der Waals surface area contributed by atoms with Crippen molar-refractivity contribution in [3.05, 3.63) is 72.8 Å². The summed E-state index contributed by atoms with van der Waals surface area (Å²) < 4.78 is 7.52. The zero-order chi connectivity index (χ0) is 17.7. The van der Waals surface area contributed by atoms with Gasteiger partial charge in [0.1, 0.15) is 11.4 Å². The molecule has 26 heavy (non-hydrogen) atoms. The van der Waals surface area contributed by atoms with E-state index in [1.807, 2.05) is 18.2 Å². The monoisotopic (exact) mass is 338 g/mol. The van der Waals surface area contributed by atoms with E-state index in [0.29, 0.717) is 0 Å². The van der Waals surface area contributed by atoms with Crippen LogP contribution in [0.25, 0.3) is 44.0 Å². The van der Waals surface area contributed by atoms with Crippen molar-refractivity contribution in [2.75, 3.05) is 7.11 Å². The van der Waals surface area contributed by atoms with Gasteiger partial charge < -0.3 is 9.30 Å². The van der Waals surface area contributed by atoms with Crippen molar-refractivity contribution in [2.24, 2.45) is 7.05 Å². The van der Waals surface area contributed by atoms with Crippen molar-refractivity contribution >= 4 is 32.8 Å². The maximum atomic E-state index is 5.34. The molecular weight excluding hydrogens is 320 g/mol. The van der Waals surface area contributed by atoms with E-state index in [4.69, 9.17) is 9.72 Å². The van der Waals surface area contributed by atoms with E-state index in [2.05, 4.69) is 66.2 Å². The van der Waals surface area contributed by atoms with Crippen molar-refractivity contribution in [1.82, 2.24) is 9.55 Å². The maximum Gasteiger partial charge on any atom is 0.142 e. The zero-order valence-electron chi connectivity index (χ0n) is 14.7. The van der Waals surface area contributed by atoms with Gasteiger partial charge in [0.05, 0.1) is 18.1 Å². The normalized spacial score (nSPS) is 11.5. The molecule has 0 fully saturated rings. The molecule has 0 atom stereocenters. The number of hydrogen-bond donors (Lipinski definition) is 0. The van der Waals surface area contributed by atoms with Crippen molar-refractivity contribution in [3.63, 3.8) is 0 Å². The van der Waals surface area contributed by atoms with Crippen LogP contribution in [0.15, 0.2) is 72.8 Å². The molecule has 2 heterocycles. The largest absolute Gasteiger partial charge is 0.497 e. The van der Waals surface area contributed by atoms with Crippen LogP contribution in [0.5, 0.6) is 5.75 Å². The highest BCUT2D eigenvalue weighted by atomic mass is 16.5. The number of rotatable bonds is 2. The zero-order valence-corrected chi connectivity index (χ0v) is 14.7. The Morgan fingerprint density at radius 3 is 2.27 bits per heavy atom. The third kappa shape index (κ3) is 2.04. The van der Waals surface area contributed by atoms with E-state index in [0.717, 1.165) is 16.9 Å². The molecule has 0 aliphatic rings. The standard InChI is InChI=1S/C23H18N2O/c1-25-20-10-6-4-8-18(20)22-21(15-11-13-16(26-2)14-12-15)17-7-3-5-9-19(17)24-23(22)25/h3-14H,1-2H3. The predicted molar refractivity (Wildman–Crippen MR) is 108 cm³/mol. The van der Waals surface area contributed by atoms with E-state index < -0.39 is 0 Å². The highest BCUT2D eigenvalue weighted by Gasteiger charge is 2.17. The van der Waals surface area contributed by atoms with Crippen molar-refractivity contribution in [2.45, 2.75) is 0 Å². The lowest BCUT2D eigenvalue weighted by Gasteiger charge is -2.10. The summed E-state index contributed by atoms with van der Waals surface area (Å²) in [6.45, 7) is 0. The van der Waals surface area contributed by atoms with Gasteiger partial charge in [-0.25, -0.2) is 4.98 Å². The summed E-state index contributed by atoms with van der Waals surface area (Å²) in [5.74, 6) is 0.862. The highest BCUT2D eigenvalue weighted by Crippen LogP contribution is 2.40. The first-order valence-electron chi connectivity index (χ1n) is 8.68. The first-order chi connectivity index (χ1) is 12.8. The number of aryl methyl sites for hydroxylation is 1. The molecule has 0 aliphatic carbocycles. The first kappa shape index (κ1) is 15.0. The third-order valence-corrected chi connectivity index (χ3v) is 5.10. The second-order valence-electron chi connectivity index (χ2n) is 6.51. The van der Waals surface area contributed by atoms with Crippen molar-refractivity contribution in [1.29, 1.82) is 0 Å². The molecule has 0 spiro atoms. The predicted octanol–water partition coefficient (Wildman–Crippen LogP) is 5.56. The van der Waals surface area contributed by atoms with Crippen LogP contribution in [0.1, 0.15) is 0 Å². The van der Waals surface area contributed by atoms with Crippen LogP contribution in [-0.2, 0) is 7.05 Å². The highest BCUT2D eigenvalue weighted by molar-refractivity contribution is 6.20. The molecule has 5 rings (SSSR count). The number of ether oxygens (including phenoxy) is 1. The fraction of sp³-hybridized carbons (Fsp3) is 0.0870. The molecule has 0 aliphatic heterocycles. The Morgan fingerprint density at radius 2 is 1.50 bits per heavy atom. The van der Waals surface area contributed by atoms with E-state index >= 15 is 0 Å². The molecule has 5 aromatic rings. The summed E-state index contributed by atoms with van der Waals surface area (Å²) >= 11 is 0. The van der Waals surface area contributed by atoms with Gasteiger partial charge in [-0.1, -0.05) is 48.5 Å². The van der Waals surface area contributed by atoms with Gasteiger partial charge in [0.25, 0.3) is 0 Å². The van der Waals surface area contributed by atoms with Gasteiger partial charge in [0.2, 0.25) is 0 Å². The number of para-hydroxylation sites is 2. The summed E-state index contributed by atoms with van der Waals surface area (Å²) in [7, 11) is 3.78. The van der Waals surface area contributed by atoms with Crippen LogP contribution in [0.2, 0.25) is 0 Å². The first-order valence-corrected chi connectivity index (χ1v) is 8.68. The number of benzene rings is 3. The van der Waals surface area contributed by atoms with Gasteiger partial charge in [0, 0.05) is 28.8 Å². The van der Waals surface area contributed by atoms with Gasteiger partial charge >= 0.3 is 0 Å². The minimum Gasteiger partial charge on any atom is -0.497 e. The van der Waals surface area contributed by atoms with E-state index in [1.165, 1.54) is 32.8 Å². The average Bonchev–Trinajstić information content (AvgIpc) is 2.99. The Bertz CT molecular complexity index is 1270. The van der Waals surface area contributed by atoms with Gasteiger partial charge in [-0.2, -0.15) is 0 Å². The molecule has 3 heteroatoms. The quantitative estimate of drug-likeness (QED) is 0.421. The number of pyridine rings is 1. The van der Waals surface area contributed by atoms with E-state index in [9.17, 15) is 0 Å². The van der Waals surface area contributed by atoms with E-state index in [1.54, 1.807) is 7.11 Å². The second kappa shape index (κ2) is 5.60. The molecule has 126 valence electrons. The Kier molecular flexibility index (Phi) is 3.22. The molecule has 0 amide bonds. The van der Waals surface area contributed by atoms with Crippen LogP contribution in [0.3, 0.4) is 0 Å². The Morgan fingerprint density at radius 1 is 0.808 bits per heavy atom. The van der Waals surface area contributed by atoms with Crippen LogP contribution in [-0.4, -0.2) is 16.7 Å². The minimum absolute atomic E-state index is 0.862. The molecule has 2 aromatic heterocycles. The van der Waals surface area contributed by atoms with Gasteiger partial charge in [-0.05, 0) is 29.8 Å². The molecule has 0 unspecified atom stereocenters. The Labute approximate surface area is 151 Å². The SMILES string of the molecule is COc1ccc(-c2c3ccccc3nc3c2c2ccccc2n3C)cc1. The topological polar surface area (TPSA) is 27.1 Å². The van der Waals surface area contributed by atoms with Crippen molar-refractivity contribution < 1.29 is 4.74 Å². The summed E-state index contributed by atoms with van der Waals surface area (Å²) in [5, 5.41) is 3.60. The van der Waals surface area contributed by atoms with Gasteiger partial charge in [-0.3, -0.25) is 0 Å². The number of hydrogen-bond acceptors (Lipinski definition) is 2. The average molecular weight is 338 g/mol. The lowest BCUT2D eigenvalue weighted by atomic mass is 9.96. The fourth-order valence-corrected chi connectivity index (χ4v) is 3.85. The third-order valence-electron chi connectivity index (χ3n) is 5.10. The summed E-state index contributed by atoms with van der Waals surface area (Å²) in [5.41, 5.74) is 5.61. The molecule has 0 bridgehead atoms. The smallest absolute Gasteiger partial charge is 0.142 e. The van der Waals surface area contributed by atoms with Gasteiger partial charge in [0.15, 0.2) is 0 Å². The van der Waals surface area contributed by atoms with Crippen LogP contribution in [0.4, 0.5) is 0 Å². The van der Waals surface area contributed by atoms with Gasteiger partial charge in [-0.15, -0.1) is 0 Å². The van der Waals surface area contributed by atoms with Crippen LogP contribution >= 0.6 is 0 Å². The summed E-state index contributed by atoms with van der Waals surface area (Å²) in [6, 6.07) is 25.1. The van der Waals surface area contributed by atoms with Crippen molar-refractivity contribution in [3.8, 4) is 16.9 Å². The second-order valence-corrected chi connectivity index (χ2v) is 6.51. The Balaban J connectivity index is 2.01. The number of methoxy groups -OCH3 is 1. The number of nitrogens with zero attached hydrogens (tertiary/aromatic N) is 2. The minimum atomic E-state index is 0.862. The van der Waals surface area contributed by atoms with Crippen LogP contribution < -0.4 is 4.74 Å². The lowest BCUT2D eigenvalue weighted by Crippen LogP contribution is -1.92.